The average molecular weight is 197 g/mol. The molecule has 12 heavy (non-hydrogen) atoms. The highest BCUT2D eigenvalue weighted by Gasteiger charge is 2.15. The zero-order valence-corrected chi connectivity index (χ0v) is 7.72. The Labute approximate surface area is 76.7 Å². The summed E-state index contributed by atoms with van der Waals surface area (Å²) in [6.07, 6.45) is 0. The maximum absolute atomic E-state index is 10.8. The van der Waals surface area contributed by atoms with Crippen LogP contribution in [0.1, 0.15) is 13.8 Å². The van der Waals surface area contributed by atoms with Gasteiger partial charge in [-0.3, -0.25) is 9.59 Å². The Morgan fingerprint density at radius 3 is 2.08 bits per heavy atom. The smallest absolute Gasteiger partial charge is 0.325 e. The first-order chi connectivity index (χ1) is 4.95. The van der Waals surface area contributed by atoms with E-state index in [-0.39, 0.29) is 12.4 Å². The van der Waals surface area contributed by atoms with Crippen LogP contribution in [0.5, 0.6) is 0 Å². The van der Waals surface area contributed by atoms with E-state index in [2.05, 4.69) is 5.32 Å². The van der Waals surface area contributed by atoms with Crippen molar-refractivity contribution < 1.29 is 14.7 Å². The Morgan fingerprint density at radius 2 is 1.83 bits per heavy atom. The molecule has 0 aliphatic carbocycles. The number of rotatable bonds is 3. The van der Waals surface area contributed by atoms with Gasteiger partial charge in [-0.05, 0) is 13.8 Å². The minimum absolute atomic E-state index is 0. The van der Waals surface area contributed by atoms with Crippen LogP contribution in [0.2, 0.25) is 0 Å². The molecule has 72 valence electrons. The van der Waals surface area contributed by atoms with E-state index in [0.717, 1.165) is 0 Å². The third kappa shape index (κ3) is 4.92. The lowest BCUT2D eigenvalue weighted by molar-refractivity contribution is -0.141. The topological polar surface area (TPSA) is 92.4 Å². The minimum atomic E-state index is -1.07. The average Bonchev–Trinajstić information content (AvgIpc) is 1.87. The van der Waals surface area contributed by atoms with Gasteiger partial charge < -0.3 is 16.2 Å². The number of carboxylic acids is 1. The summed E-state index contributed by atoms with van der Waals surface area (Å²) in [5.74, 6) is -1.53. The second-order valence-electron chi connectivity index (χ2n) is 2.36. The Kier molecular flexibility index (Phi) is 6.64. The van der Waals surface area contributed by atoms with Gasteiger partial charge in [0.2, 0.25) is 5.91 Å². The standard InChI is InChI=1S/C6H12N2O3.ClH/c1-3(7)5(9)8-4(2)6(10)11;/h3-4H,7H2,1-2H3,(H,8,9)(H,10,11);1H/t3-,4?;/m0./s1. The van der Waals surface area contributed by atoms with E-state index in [1.165, 1.54) is 13.8 Å². The number of nitrogens with two attached hydrogens (primary N) is 1. The van der Waals surface area contributed by atoms with Crippen LogP contribution in [0.3, 0.4) is 0 Å². The van der Waals surface area contributed by atoms with Crippen LogP contribution in [0.15, 0.2) is 0 Å². The van der Waals surface area contributed by atoms with Crippen molar-refractivity contribution in [2.45, 2.75) is 25.9 Å². The fourth-order valence-corrected chi connectivity index (χ4v) is 0.407. The SMILES string of the molecule is CC(NC(=O)[C@H](C)N)C(=O)O.Cl. The molecule has 6 heteroatoms. The molecule has 0 spiro atoms. The quantitative estimate of drug-likeness (QED) is 0.559. The van der Waals surface area contributed by atoms with Gasteiger partial charge in [-0.15, -0.1) is 12.4 Å². The Morgan fingerprint density at radius 1 is 1.42 bits per heavy atom. The summed E-state index contributed by atoms with van der Waals surface area (Å²) >= 11 is 0. The number of nitrogens with one attached hydrogen (secondary N) is 1. The van der Waals surface area contributed by atoms with Crippen LogP contribution >= 0.6 is 12.4 Å². The number of amides is 1. The number of carbonyl (C=O) groups is 2. The molecule has 0 saturated carbocycles. The van der Waals surface area contributed by atoms with Gasteiger partial charge in [0.25, 0.3) is 0 Å². The van der Waals surface area contributed by atoms with Crippen molar-refractivity contribution in [3.8, 4) is 0 Å². The number of halogens is 1. The van der Waals surface area contributed by atoms with E-state index < -0.39 is 24.0 Å². The van der Waals surface area contributed by atoms with Crippen molar-refractivity contribution in [1.29, 1.82) is 0 Å². The van der Waals surface area contributed by atoms with Crippen LogP contribution in [0, 0.1) is 0 Å². The number of carbonyl (C=O) groups excluding carboxylic acids is 1. The molecule has 1 amide bonds. The summed E-state index contributed by atoms with van der Waals surface area (Å²) in [7, 11) is 0. The summed E-state index contributed by atoms with van der Waals surface area (Å²) in [6.45, 7) is 2.87. The lowest BCUT2D eigenvalue weighted by atomic mass is 10.3. The normalized spacial score (nSPS) is 13.9. The molecule has 0 aromatic heterocycles. The minimum Gasteiger partial charge on any atom is -0.480 e. The van der Waals surface area contributed by atoms with E-state index in [0.29, 0.717) is 0 Å². The van der Waals surface area contributed by atoms with Crippen molar-refractivity contribution in [1.82, 2.24) is 5.32 Å². The van der Waals surface area contributed by atoms with Crippen molar-refractivity contribution in [3.63, 3.8) is 0 Å². The van der Waals surface area contributed by atoms with E-state index in [1.807, 2.05) is 0 Å². The Balaban J connectivity index is 0. The number of aliphatic carboxylic acids is 1. The summed E-state index contributed by atoms with van der Waals surface area (Å²) in [5.41, 5.74) is 5.18. The van der Waals surface area contributed by atoms with E-state index in [9.17, 15) is 9.59 Å². The molecule has 0 aliphatic heterocycles. The van der Waals surface area contributed by atoms with E-state index in [4.69, 9.17) is 10.8 Å². The second kappa shape index (κ2) is 5.79. The van der Waals surface area contributed by atoms with Crippen molar-refractivity contribution >= 4 is 24.3 Å². The first kappa shape index (κ1) is 13.8. The molecular weight excluding hydrogens is 184 g/mol. The molecule has 0 rings (SSSR count). The summed E-state index contributed by atoms with van der Waals surface area (Å²) in [4.78, 5) is 21.0. The zero-order chi connectivity index (χ0) is 9.02. The van der Waals surface area contributed by atoms with Gasteiger partial charge in [-0.25, -0.2) is 0 Å². The molecular formula is C6H13ClN2O3. The first-order valence-corrected chi connectivity index (χ1v) is 3.24. The summed E-state index contributed by atoms with van der Waals surface area (Å²) in [5, 5.41) is 10.6. The van der Waals surface area contributed by atoms with Gasteiger partial charge in [0.15, 0.2) is 0 Å². The molecule has 0 bridgehead atoms. The van der Waals surface area contributed by atoms with E-state index >= 15 is 0 Å². The summed E-state index contributed by atoms with van der Waals surface area (Å²) in [6, 6.07) is -1.55. The molecule has 0 aromatic carbocycles. The lowest BCUT2D eigenvalue weighted by Gasteiger charge is -2.10. The number of carboxylic acid groups (broad SMARTS) is 1. The van der Waals surface area contributed by atoms with Gasteiger partial charge in [-0.1, -0.05) is 0 Å². The predicted molar refractivity (Wildman–Crippen MR) is 46.1 cm³/mol. The largest absolute Gasteiger partial charge is 0.480 e. The molecule has 0 heterocycles. The van der Waals surface area contributed by atoms with Crippen LogP contribution in [0.25, 0.3) is 0 Å². The van der Waals surface area contributed by atoms with Gasteiger partial charge >= 0.3 is 5.97 Å². The van der Waals surface area contributed by atoms with Gasteiger partial charge in [0, 0.05) is 0 Å². The van der Waals surface area contributed by atoms with Crippen molar-refractivity contribution in [2.75, 3.05) is 0 Å². The van der Waals surface area contributed by atoms with Gasteiger partial charge in [0.05, 0.1) is 6.04 Å². The van der Waals surface area contributed by atoms with Crippen LogP contribution in [0.4, 0.5) is 0 Å². The van der Waals surface area contributed by atoms with Crippen LogP contribution < -0.4 is 11.1 Å². The first-order valence-electron chi connectivity index (χ1n) is 3.24. The predicted octanol–water partition coefficient (Wildman–Crippen LogP) is -0.655. The number of hydrogen-bond acceptors (Lipinski definition) is 3. The van der Waals surface area contributed by atoms with Crippen LogP contribution in [-0.2, 0) is 9.59 Å². The zero-order valence-electron chi connectivity index (χ0n) is 6.90. The highest BCUT2D eigenvalue weighted by Crippen LogP contribution is 1.83. The molecule has 0 fully saturated rings. The molecule has 2 atom stereocenters. The molecule has 0 saturated heterocycles. The van der Waals surface area contributed by atoms with Crippen molar-refractivity contribution in [2.24, 2.45) is 5.73 Å². The molecule has 1 unspecified atom stereocenters. The number of hydrogen-bond donors (Lipinski definition) is 3. The van der Waals surface area contributed by atoms with Gasteiger partial charge in [-0.2, -0.15) is 0 Å². The van der Waals surface area contributed by atoms with E-state index in [1.54, 1.807) is 0 Å². The Bertz CT molecular complexity index is 172. The van der Waals surface area contributed by atoms with Crippen molar-refractivity contribution in [3.05, 3.63) is 0 Å². The highest BCUT2D eigenvalue weighted by atomic mass is 35.5. The monoisotopic (exact) mass is 196 g/mol. The van der Waals surface area contributed by atoms with Gasteiger partial charge in [0.1, 0.15) is 6.04 Å². The molecule has 4 N–H and O–H groups in total. The summed E-state index contributed by atoms with van der Waals surface area (Å²) < 4.78 is 0. The fraction of sp³-hybridized carbons (Fsp3) is 0.667. The Hall–Kier alpha value is -0.810. The maximum atomic E-state index is 10.8. The third-order valence-electron chi connectivity index (χ3n) is 1.14. The second-order valence-corrected chi connectivity index (χ2v) is 2.36. The molecule has 5 nitrogen and oxygen atoms in total. The maximum Gasteiger partial charge on any atom is 0.325 e. The third-order valence-corrected chi connectivity index (χ3v) is 1.14. The highest BCUT2D eigenvalue weighted by molar-refractivity contribution is 5.86. The fourth-order valence-electron chi connectivity index (χ4n) is 0.407. The molecule has 0 radical (unpaired) electrons. The molecule has 0 aliphatic rings. The van der Waals surface area contributed by atoms with Crippen LogP contribution in [-0.4, -0.2) is 29.1 Å². The molecule has 0 aromatic rings. The lowest BCUT2D eigenvalue weighted by Crippen LogP contribution is -2.45.